The second-order valence-electron chi connectivity index (χ2n) is 4.57. The lowest BCUT2D eigenvalue weighted by Crippen LogP contribution is -2.49. The number of piperazine rings is 1. The van der Waals surface area contributed by atoms with E-state index in [4.69, 9.17) is 9.84 Å². The molecule has 112 valence electrons. The Labute approximate surface area is 114 Å². The number of ether oxygens (including phenoxy) is 1. The van der Waals surface area contributed by atoms with E-state index in [9.17, 15) is 13.2 Å². The number of aliphatic carboxylic acids is 1. The Morgan fingerprint density at radius 1 is 1.32 bits per heavy atom. The van der Waals surface area contributed by atoms with Crippen molar-refractivity contribution in [1.29, 1.82) is 0 Å². The maximum atomic E-state index is 11.3. The highest BCUT2D eigenvalue weighted by molar-refractivity contribution is 7.88. The zero-order chi connectivity index (χ0) is 14.5. The standard InChI is InChI=1S/C11H22N2O5S/c1-3-18-10(11(14)15)4-5-12-6-8-13(9-7-12)19(2,16)17/h10H,3-9H2,1-2H3,(H,14,15). The highest BCUT2D eigenvalue weighted by atomic mass is 32.2. The lowest BCUT2D eigenvalue weighted by Gasteiger charge is -2.33. The van der Waals surface area contributed by atoms with Crippen LogP contribution in [0.25, 0.3) is 0 Å². The summed E-state index contributed by atoms with van der Waals surface area (Å²) >= 11 is 0. The van der Waals surface area contributed by atoms with E-state index in [1.54, 1.807) is 6.92 Å². The van der Waals surface area contributed by atoms with Crippen molar-refractivity contribution < 1.29 is 23.1 Å². The molecular formula is C11H22N2O5S. The molecule has 0 amide bonds. The van der Waals surface area contributed by atoms with Crippen LogP contribution in [-0.4, -0.2) is 80.4 Å². The fourth-order valence-corrected chi connectivity index (χ4v) is 2.89. The topological polar surface area (TPSA) is 87.2 Å². The maximum Gasteiger partial charge on any atom is 0.332 e. The van der Waals surface area contributed by atoms with Gasteiger partial charge in [-0.2, -0.15) is 4.31 Å². The van der Waals surface area contributed by atoms with E-state index >= 15 is 0 Å². The van der Waals surface area contributed by atoms with Gasteiger partial charge in [0.05, 0.1) is 6.26 Å². The molecular weight excluding hydrogens is 272 g/mol. The lowest BCUT2D eigenvalue weighted by atomic mass is 10.2. The summed E-state index contributed by atoms with van der Waals surface area (Å²) in [7, 11) is -3.11. The largest absolute Gasteiger partial charge is 0.479 e. The first-order valence-electron chi connectivity index (χ1n) is 6.36. The SMILES string of the molecule is CCOC(CCN1CCN(S(C)(=O)=O)CC1)C(=O)O. The van der Waals surface area contributed by atoms with E-state index in [2.05, 4.69) is 4.90 Å². The average molecular weight is 294 g/mol. The van der Waals surface area contributed by atoms with E-state index in [0.29, 0.717) is 45.8 Å². The second-order valence-corrected chi connectivity index (χ2v) is 6.56. The van der Waals surface area contributed by atoms with Crippen LogP contribution in [0.4, 0.5) is 0 Å². The summed E-state index contributed by atoms with van der Waals surface area (Å²) in [5, 5.41) is 8.95. The van der Waals surface area contributed by atoms with Gasteiger partial charge in [-0.25, -0.2) is 13.2 Å². The van der Waals surface area contributed by atoms with Crippen molar-refractivity contribution in [3.63, 3.8) is 0 Å². The van der Waals surface area contributed by atoms with Gasteiger partial charge in [-0.15, -0.1) is 0 Å². The molecule has 1 N–H and O–H groups in total. The van der Waals surface area contributed by atoms with E-state index in [1.807, 2.05) is 0 Å². The highest BCUT2D eigenvalue weighted by Crippen LogP contribution is 2.08. The molecule has 0 aromatic carbocycles. The van der Waals surface area contributed by atoms with Gasteiger partial charge in [-0.3, -0.25) is 0 Å². The third kappa shape index (κ3) is 5.43. The number of hydrogen-bond donors (Lipinski definition) is 1. The number of rotatable bonds is 7. The minimum atomic E-state index is -3.11. The van der Waals surface area contributed by atoms with E-state index in [-0.39, 0.29) is 0 Å². The maximum absolute atomic E-state index is 11.3. The number of carbonyl (C=O) groups is 1. The predicted octanol–water partition coefficient (Wildman–Crippen LogP) is -0.557. The molecule has 1 rings (SSSR count). The average Bonchev–Trinajstić information content (AvgIpc) is 2.33. The molecule has 8 heteroatoms. The molecule has 1 heterocycles. The Morgan fingerprint density at radius 3 is 2.32 bits per heavy atom. The Bertz CT molecular complexity index is 390. The molecule has 0 aliphatic carbocycles. The third-order valence-corrected chi connectivity index (χ3v) is 4.45. The van der Waals surface area contributed by atoms with Crippen LogP contribution in [0.1, 0.15) is 13.3 Å². The van der Waals surface area contributed by atoms with Gasteiger partial charge >= 0.3 is 5.97 Å². The normalized spacial score (nSPS) is 20.3. The zero-order valence-corrected chi connectivity index (χ0v) is 12.2. The van der Waals surface area contributed by atoms with Crippen molar-refractivity contribution in [2.75, 3.05) is 45.6 Å². The fraction of sp³-hybridized carbons (Fsp3) is 0.909. The first-order valence-corrected chi connectivity index (χ1v) is 8.21. The van der Waals surface area contributed by atoms with Crippen molar-refractivity contribution in [3.8, 4) is 0 Å². The molecule has 1 aliphatic rings. The van der Waals surface area contributed by atoms with Crippen LogP contribution in [0, 0.1) is 0 Å². The van der Waals surface area contributed by atoms with Crippen LogP contribution >= 0.6 is 0 Å². The number of nitrogens with zero attached hydrogens (tertiary/aromatic N) is 2. The van der Waals surface area contributed by atoms with Gasteiger partial charge in [0.2, 0.25) is 10.0 Å². The first-order chi connectivity index (χ1) is 8.84. The van der Waals surface area contributed by atoms with Gasteiger partial charge < -0.3 is 14.7 Å². The van der Waals surface area contributed by atoms with Crippen LogP contribution < -0.4 is 0 Å². The van der Waals surface area contributed by atoms with Gasteiger partial charge in [0, 0.05) is 39.3 Å². The van der Waals surface area contributed by atoms with Crippen LogP contribution in [0.2, 0.25) is 0 Å². The first kappa shape index (κ1) is 16.4. The van der Waals surface area contributed by atoms with Gasteiger partial charge in [0.15, 0.2) is 6.10 Å². The molecule has 1 aliphatic heterocycles. The molecule has 7 nitrogen and oxygen atoms in total. The summed E-state index contributed by atoms with van der Waals surface area (Å²) in [4.78, 5) is 13.0. The fourth-order valence-electron chi connectivity index (χ4n) is 2.06. The van der Waals surface area contributed by atoms with E-state index in [1.165, 1.54) is 10.6 Å². The Hall–Kier alpha value is -0.700. The Morgan fingerprint density at radius 2 is 1.89 bits per heavy atom. The van der Waals surface area contributed by atoms with Gasteiger partial charge in [-0.1, -0.05) is 0 Å². The molecule has 0 spiro atoms. The smallest absolute Gasteiger partial charge is 0.332 e. The monoisotopic (exact) mass is 294 g/mol. The van der Waals surface area contributed by atoms with Crippen molar-refractivity contribution in [2.45, 2.75) is 19.4 Å². The summed E-state index contributed by atoms with van der Waals surface area (Å²) in [5.41, 5.74) is 0. The van der Waals surface area contributed by atoms with Gasteiger partial charge in [0.1, 0.15) is 0 Å². The van der Waals surface area contributed by atoms with E-state index < -0.39 is 22.1 Å². The van der Waals surface area contributed by atoms with Crippen molar-refractivity contribution >= 4 is 16.0 Å². The molecule has 19 heavy (non-hydrogen) atoms. The third-order valence-electron chi connectivity index (χ3n) is 3.15. The zero-order valence-electron chi connectivity index (χ0n) is 11.4. The van der Waals surface area contributed by atoms with Crippen LogP contribution in [-0.2, 0) is 19.6 Å². The Balaban J connectivity index is 2.35. The van der Waals surface area contributed by atoms with Gasteiger partial charge in [-0.05, 0) is 13.3 Å². The molecule has 0 saturated carbocycles. The van der Waals surface area contributed by atoms with E-state index in [0.717, 1.165) is 0 Å². The molecule has 0 bridgehead atoms. The summed E-state index contributed by atoms with van der Waals surface area (Å²) < 4.78 is 29.3. The Kier molecular flexibility index (Phi) is 6.18. The molecule has 1 fully saturated rings. The quantitative estimate of drug-likeness (QED) is 0.677. The van der Waals surface area contributed by atoms with Crippen LogP contribution in [0.5, 0.6) is 0 Å². The molecule has 1 atom stereocenters. The summed E-state index contributed by atoms with van der Waals surface area (Å²) in [5.74, 6) is -0.948. The molecule has 0 aromatic heterocycles. The highest BCUT2D eigenvalue weighted by Gasteiger charge is 2.25. The number of carboxylic acid groups (broad SMARTS) is 1. The molecule has 0 radical (unpaired) electrons. The lowest BCUT2D eigenvalue weighted by molar-refractivity contribution is -0.150. The summed E-state index contributed by atoms with van der Waals surface area (Å²) in [6, 6.07) is 0. The minimum Gasteiger partial charge on any atom is -0.479 e. The van der Waals surface area contributed by atoms with Crippen LogP contribution in [0.3, 0.4) is 0 Å². The minimum absolute atomic E-state index is 0.374. The second kappa shape index (κ2) is 7.18. The summed E-state index contributed by atoms with van der Waals surface area (Å²) in [6.07, 6.45) is 0.846. The van der Waals surface area contributed by atoms with Crippen LogP contribution in [0.15, 0.2) is 0 Å². The molecule has 1 saturated heterocycles. The molecule has 0 aromatic rings. The number of sulfonamides is 1. The number of carboxylic acids is 1. The predicted molar refractivity (Wildman–Crippen MR) is 70.5 cm³/mol. The van der Waals surface area contributed by atoms with Crippen molar-refractivity contribution in [3.05, 3.63) is 0 Å². The van der Waals surface area contributed by atoms with Crippen molar-refractivity contribution in [1.82, 2.24) is 9.21 Å². The molecule has 1 unspecified atom stereocenters. The van der Waals surface area contributed by atoms with Gasteiger partial charge in [0.25, 0.3) is 0 Å². The van der Waals surface area contributed by atoms with Crippen molar-refractivity contribution in [2.24, 2.45) is 0 Å². The summed E-state index contributed by atoms with van der Waals surface area (Å²) in [6.45, 7) is 4.93. The number of hydrogen-bond acceptors (Lipinski definition) is 5.